The van der Waals surface area contributed by atoms with E-state index in [1.54, 1.807) is 7.11 Å². The van der Waals surface area contributed by atoms with E-state index in [0.717, 1.165) is 36.0 Å². The standard InChI is InChI=1S/C18H17Cl2N3O/c1-24-14-6-3-11(4-7-14)12-2-5-13(10-12)23-9-8-15-16(19)21-18(20)22-17(15)23/h3-4,6-9,12-13H,2,5,10H2,1H3. The van der Waals surface area contributed by atoms with E-state index in [1.165, 1.54) is 5.56 Å². The fraction of sp³-hybridized carbons (Fsp3) is 0.333. The Labute approximate surface area is 150 Å². The smallest absolute Gasteiger partial charge is 0.225 e. The summed E-state index contributed by atoms with van der Waals surface area (Å²) in [4.78, 5) is 8.39. The van der Waals surface area contributed by atoms with Gasteiger partial charge in [0.15, 0.2) is 0 Å². The van der Waals surface area contributed by atoms with E-state index in [2.05, 4.69) is 26.7 Å². The van der Waals surface area contributed by atoms with Crippen molar-refractivity contribution < 1.29 is 4.74 Å². The molecule has 24 heavy (non-hydrogen) atoms. The maximum atomic E-state index is 6.17. The molecule has 4 rings (SSSR count). The van der Waals surface area contributed by atoms with E-state index >= 15 is 0 Å². The number of fused-ring (bicyclic) bond motifs is 1. The quantitative estimate of drug-likeness (QED) is 0.472. The number of halogens is 2. The summed E-state index contributed by atoms with van der Waals surface area (Å²) in [5, 5.41) is 1.46. The first kappa shape index (κ1) is 15.7. The zero-order valence-electron chi connectivity index (χ0n) is 13.2. The average molecular weight is 362 g/mol. The van der Waals surface area contributed by atoms with Crippen molar-refractivity contribution in [1.82, 2.24) is 14.5 Å². The van der Waals surface area contributed by atoms with Crippen molar-refractivity contribution in [2.75, 3.05) is 7.11 Å². The summed E-state index contributed by atoms with van der Waals surface area (Å²) in [6, 6.07) is 10.7. The number of benzene rings is 1. The second kappa shape index (κ2) is 6.26. The van der Waals surface area contributed by atoms with Gasteiger partial charge in [0.25, 0.3) is 0 Å². The zero-order chi connectivity index (χ0) is 16.7. The van der Waals surface area contributed by atoms with Crippen LogP contribution in [-0.2, 0) is 0 Å². The molecule has 2 heterocycles. The maximum Gasteiger partial charge on any atom is 0.225 e. The first-order valence-electron chi connectivity index (χ1n) is 7.99. The maximum absolute atomic E-state index is 6.17. The molecule has 1 aromatic carbocycles. The summed E-state index contributed by atoms with van der Waals surface area (Å²) >= 11 is 12.2. The molecule has 1 aliphatic rings. The molecule has 0 amide bonds. The fourth-order valence-corrected chi connectivity index (χ4v) is 4.09. The lowest BCUT2D eigenvalue weighted by molar-refractivity contribution is 0.414. The Balaban J connectivity index is 1.60. The second-order valence-electron chi connectivity index (χ2n) is 6.18. The minimum atomic E-state index is 0.192. The number of nitrogens with zero attached hydrogens (tertiary/aromatic N) is 3. The van der Waals surface area contributed by atoms with Crippen LogP contribution in [0.15, 0.2) is 36.5 Å². The number of methoxy groups -OCH3 is 1. The molecule has 6 heteroatoms. The third kappa shape index (κ3) is 2.74. The van der Waals surface area contributed by atoms with Gasteiger partial charge in [-0.15, -0.1) is 0 Å². The predicted octanol–water partition coefficient (Wildman–Crippen LogP) is 5.26. The summed E-state index contributed by atoms with van der Waals surface area (Å²) in [7, 11) is 1.69. The van der Waals surface area contributed by atoms with E-state index in [-0.39, 0.29) is 5.28 Å². The lowest BCUT2D eigenvalue weighted by atomic mass is 9.97. The third-order valence-corrected chi connectivity index (χ3v) is 5.34. The van der Waals surface area contributed by atoms with Gasteiger partial charge in [-0.25, -0.2) is 4.98 Å². The van der Waals surface area contributed by atoms with Crippen LogP contribution in [0, 0.1) is 0 Å². The molecule has 2 unspecified atom stereocenters. The molecule has 3 aromatic rings. The number of aromatic nitrogens is 3. The van der Waals surface area contributed by atoms with E-state index in [1.807, 2.05) is 24.4 Å². The molecule has 1 saturated carbocycles. The SMILES string of the molecule is COc1ccc(C2CCC(n3ccc4c(Cl)nc(Cl)nc43)C2)cc1. The number of ether oxygens (including phenoxy) is 1. The molecule has 0 N–H and O–H groups in total. The summed E-state index contributed by atoms with van der Waals surface area (Å²) < 4.78 is 7.43. The van der Waals surface area contributed by atoms with E-state index in [9.17, 15) is 0 Å². The largest absolute Gasteiger partial charge is 0.497 e. The van der Waals surface area contributed by atoms with Crippen LogP contribution >= 0.6 is 23.2 Å². The number of rotatable bonds is 3. The molecule has 0 radical (unpaired) electrons. The number of hydrogen-bond donors (Lipinski definition) is 0. The first-order chi connectivity index (χ1) is 11.7. The molecular weight excluding hydrogens is 345 g/mol. The van der Waals surface area contributed by atoms with Crippen LogP contribution in [0.5, 0.6) is 5.75 Å². The van der Waals surface area contributed by atoms with Crippen molar-refractivity contribution in [1.29, 1.82) is 0 Å². The highest BCUT2D eigenvalue weighted by Gasteiger charge is 2.28. The van der Waals surface area contributed by atoms with Crippen molar-refractivity contribution in [3.63, 3.8) is 0 Å². The van der Waals surface area contributed by atoms with E-state index < -0.39 is 0 Å². The molecule has 0 aliphatic heterocycles. The van der Waals surface area contributed by atoms with Crippen molar-refractivity contribution in [2.24, 2.45) is 0 Å². The summed E-state index contributed by atoms with van der Waals surface area (Å²) in [5.74, 6) is 1.44. The van der Waals surface area contributed by atoms with Crippen molar-refractivity contribution in [2.45, 2.75) is 31.2 Å². The van der Waals surface area contributed by atoms with Crippen LogP contribution in [0.2, 0.25) is 10.4 Å². The van der Waals surface area contributed by atoms with Gasteiger partial charge in [0.1, 0.15) is 16.5 Å². The zero-order valence-corrected chi connectivity index (χ0v) is 14.8. The molecule has 0 spiro atoms. The van der Waals surface area contributed by atoms with Gasteiger partial charge in [-0.3, -0.25) is 0 Å². The molecule has 2 atom stereocenters. The van der Waals surface area contributed by atoms with E-state index in [4.69, 9.17) is 27.9 Å². The first-order valence-corrected chi connectivity index (χ1v) is 8.75. The Morgan fingerprint density at radius 2 is 1.88 bits per heavy atom. The fourth-order valence-electron chi connectivity index (χ4n) is 3.66. The Morgan fingerprint density at radius 1 is 1.08 bits per heavy atom. The Morgan fingerprint density at radius 3 is 2.62 bits per heavy atom. The summed E-state index contributed by atoms with van der Waals surface area (Å²) in [6.45, 7) is 0. The minimum absolute atomic E-state index is 0.192. The van der Waals surface area contributed by atoms with Gasteiger partial charge in [-0.2, -0.15) is 4.98 Å². The van der Waals surface area contributed by atoms with Crippen molar-refractivity contribution in [3.05, 3.63) is 52.5 Å². The molecule has 4 nitrogen and oxygen atoms in total. The monoisotopic (exact) mass is 361 g/mol. The van der Waals surface area contributed by atoms with Gasteiger partial charge < -0.3 is 9.30 Å². The predicted molar refractivity (Wildman–Crippen MR) is 96.2 cm³/mol. The molecule has 1 fully saturated rings. The number of hydrogen-bond acceptors (Lipinski definition) is 3. The van der Waals surface area contributed by atoms with Crippen LogP contribution in [0.4, 0.5) is 0 Å². The van der Waals surface area contributed by atoms with Gasteiger partial charge in [0.2, 0.25) is 5.28 Å². The van der Waals surface area contributed by atoms with Gasteiger partial charge >= 0.3 is 0 Å². The van der Waals surface area contributed by atoms with Crippen molar-refractivity contribution in [3.8, 4) is 5.75 Å². The van der Waals surface area contributed by atoms with Crippen LogP contribution in [0.25, 0.3) is 11.0 Å². The molecule has 2 aromatic heterocycles. The van der Waals surface area contributed by atoms with Crippen molar-refractivity contribution >= 4 is 34.2 Å². The van der Waals surface area contributed by atoms with Gasteiger partial charge in [0, 0.05) is 12.2 Å². The Kier molecular flexibility index (Phi) is 4.10. The normalized spacial score (nSPS) is 20.6. The Hall–Kier alpha value is -1.78. The van der Waals surface area contributed by atoms with Crippen LogP contribution < -0.4 is 4.74 Å². The third-order valence-electron chi connectivity index (χ3n) is 4.88. The molecule has 124 valence electrons. The van der Waals surface area contributed by atoms with Crippen LogP contribution in [0.1, 0.15) is 36.8 Å². The highest BCUT2D eigenvalue weighted by molar-refractivity contribution is 6.35. The Bertz CT molecular complexity index is 876. The molecule has 0 bridgehead atoms. The van der Waals surface area contributed by atoms with Crippen LogP contribution in [0.3, 0.4) is 0 Å². The highest BCUT2D eigenvalue weighted by Crippen LogP contribution is 2.42. The lowest BCUT2D eigenvalue weighted by Crippen LogP contribution is -2.05. The molecule has 0 saturated heterocycles. The lowest BCUT2D eigenvalue weighted by Gasteiger charge is -2.15. The summed E-state index contributed by atoms with van der Waals surface area (Å²) in [6.07, 6.45) is 5.39. The van der Waals surface area contributed by atoms with Gasteiger partial charge in [-0.1, -0.05) is 23.7 Å². The average Bonchev–Trinajstić information content (AvgIpc) is 3.21. The summed E-state index contributed by atoms with van der Waals surface area (Å²) in [5.41, 5.74) is 2.18. The van der Waals surface area contributed by atoms with Gasteiger partial charge in [0.05, 0.1) is 12.5 Å². The molecular formula is C18H17Cl2N3O. The van der Waals surface area contributed by atoms with Crippen LogP contribution in [-0.4, -0.2) is 21.6 Å². The van der Waals surface area contributed by atoms with E-state index in [0.29, 0.717) is 17.1 Å². The van der Waals surface area contributed by atoms with Gasteiger partial charge in [-0.05, 0) is 60.5 Å². The minimum Gasteiger partial charge on any atom is -0.497 e. The second-order valence-corrected chi connectivity index (χ2v) is 6.88. The molecule has 1 aliphatic carbocycles. The topological polar surface area (TPSA) is 39.9 Å². The highest BCUT2D eigenvalue weighted by atomic mass is 35.5.